The van der Waals surface area contributed by atoms with Crippen molar-refractivity contribution in [1.29, 1.82) is 0 Å². The minimum absolute atomic E-state index is 0.0643. The first-order chi connectivity index (χ1) is 28.5. The summed E-state index contributed by atoms with van der Waals surface area (Å²) in [5.41, 5.74) is 0. The van der Waals surface area contributed by atoms with Gasteiger partial charge in [-0.25, -0.2) is 0 Å². The zero-order chi connectivity index (χ0) is 42.4. The summed E-state index contributed by atoms with van der Waals surface area (Å²) in [5, 5.41) is 23.6. The second kappa shape index (κ2) is 45.6. The van der Waals surface area contributed by atoms with E-state index in [-0.39, 0.29) is 24.9 Å². The summed E-state index contributed by atoms with van der Waals surface area (Å²) in [5.74, 6) is -0.511. The third kappa shape index (κ3) is 40.3. The number of esters is 1. The first kappa shape index (κ1) is 55.6. The molecule has 0 aromatic heterocycles. The Balaban J connectivity index is 4.58. The average Bonchev–Trinajstić information content (AvgIpc) is 3.22. The number of aliphatic hydroxyl groups excluding tert-OH is 2. The highest BCUT2D eigenvalue weighted by atomic mass is 16.5. The standard InChI is InChI=1S/C52H93NO5/c1-4-7-10-13-16-19-21-22-23-24-25-26-27-28-30-33-36-39-42-45-52(57)58-48(43-40-37-34-32-29-20-17-14-11-8-5-2)46-51(56)53-49(47-54)50(55)44-41-38-35-31-18-15-12-9-6-3/h7,10,16,19,22-23,25-26,28,30,48-50,54-55H,4-6,8-9,11-15,17-18,20-21,24,27,29,31-47H2,1-3H3,(H,53,56)/b10-7-,19-16-,23-22-,26-25-,30-28-. The summed E-state index contributed by atoms with van der Waals surface area (Å²) in [6.07, 6.45) is 55.7. The molecular formula is C52H93NO5. The lowest BCUT2D eigenvalue weighted by Crippen LogP contribution is -2.46. The van der Waals surface area contributed by atoms with Crippen molar-refractivity contribution in [3.8, 4) is 0 Å². The average molecular weight is 812 g/mol. The van der Waals surface area contributed by atoms with E-state index < -0.39 is 18.2 Å². The maximum Gasteiger partial charge on any atom is 0.306 e. The summed E-state index contributed by atoms with van der Waals surface area (Å²) in [6, 6.07) is -0.706. The number of ether oxygens (including phenoxy) is 1. The minimum Gasteiger partial charge on any atom is -0.462 e. The Morgan fingerprint density at radius 3 is 1.40 bits per heavy atom. The molecule has 0 fully saturated rings. The van der Waals surface area contributed by atoms with Gasteiger partial charge in [-0.05, 0) is 70.6 Å². The minimum atomic E-state index is -0.791. The highest BCUT2D eigenvalue weighted by molar-refractivity contribution is 5.77. The summed E-state index contributed by atoms with van der Waals surface area (Å²) in [7, 11) is 0. The second-order valence-corrected chi connectivity index (χ2v) is 16.5. The molecule has 0 aliphatic carbocycles. The molecule has 0 saturated carbocycles. The van der Waals surface area contributed by atoms with E-state index >= 15 is 0 Å². The van der Waals surface area contributed by atoms with E-state index in [1.165, 1.54) is 89.9 Å². The lowest BCUT2D eigenvalue weighted by atomic mass is 10.0. The lowest BCUT2D eigenvalue weighted by Gasteiger charge is -2.24. The molecule has 3 atom stereocenters. The van der Waals surface area contributed by atoms with E-state index in [0.29, 0.717) is 19.3 Å². The number of hydrogen-bond donors (Lipinski definition) is 3. The van der Waals surface area contributed by atoms with Crippen molar-refractivity contribution in [2.24, 2.45) is 0 Å². The van der Waals surface area contributed by atoms with Crippen LogP contribution in [0.2, 0.25) is 0 Å². The fourth-order valence-corrected chi connectivity index (χ4v) is 7.16. The van der Waals surface area contributed by atoms with Crippen LogP contribution < -0.4 is 5.32 Å². The number of aliphatic hydroxyl groups is 2. The van der Waals surface area contributed by atoms with Crippen molar-refractivity contribution in [2.45, 2.75) is 251 Å². The smallest absolute Gasteiger partial charge is 0.306 e. The van der Waals surface area contributed by atoms with Gasteiger partial charge in [-0.2, -0.15) is 0 Å². The monoisotopic (exact) mass is 812 g/mol. The molecule has 3 N–H and O–H groups in total. The molecule has 0 aliphatic heterocycles. The predicted octanol–water partition coefficient (Wildman–Crippen LogP) is 14.5. The molecule has 0 spiro atoms. The molecule has 0 bridgehead atoms. The first-order valence-electron chi connectivity index (χ1n) is 24.5. The largest absolute Gasteiger partial charge is 0.462 e. The Kier molecular flexibility index (Phi) is 43.7. The van der Waals surface area contributed by atoms with Crippen molar-refractivity contribution >= 4 is 11.9 Å². The Hall–Kier alpha value is -2.44. The topological polar surface area (TPSA) is 95.9 Å². The van der Waals surface area contributed by atoms with Crippen LogP contribution >= 0.6 is 0 Å². The molecule has 3 unspecified atom stereocenters. The number of rotatable bonds is 43. The van der Waals surface area contributed by atoms with E-state index in [1.54, 1.807) is 0 Å². The molecule has 0 rings (SSSR count). The van der Waals surface area contributed by atoms with Crippen LogP contribution in [0.15, 0.2) is 60.8 Å². The van der Waals surface area contributed by atoms with E-state index in [2.05, 4.69) is 86.8 Å². The van der Waals surface area contributed by atoms with Crippen LogP contribution in [0.5, 0.6) is 0 Å². The zero-order valence-corrected chi connectivity index (χ0v) is 38.2. The van der Waals surface area contributed by atoms with Gasteiger partial charge in [0.25, 0.3) is 0 Å². The van der Waals surface area contributed by atoms with Gasteiger partial charge in [0, 0.05) is 6.42 Å². The number of carbonyl (C=O) groups excluding carboxylic acids is 2. The van der Waals surface area contributed by atoms with E-state index in [1.807, 2.05) is 0 Å². The van der Waals surface area contributed by atoms with Gasteiger partial charge in [0.2, 0.25) is 5.91 Å². The SMILES string of the molecule is CC/C=C\C/C=C\C/C=C\C/C=C\C/C=C\CCCCCC(=O)OC(CCCCCCCCCCCCC)CC(=O)NC(CO)C(O)CCCCCCCCCCC. The molecule has 0 radical (unpaired) electrons. The van der Waals surface area contributed by atoms with Crippen molar-refractivity contribution in [1.82, 2.24) is 5.32 Å². The van der Waals surface area contributed by atoms with E-state index in [9.17, 15) is 19.8 Å². The first-order valence-corrected chi connectivity index (χ1v) is 24.5. The predicted molar refractivity (Wildman–Crippen MR) is 250 cm³/mol. The number of carbonyl (C=O) groups is 2. The van der Waals surface area contributed by atoms with Crippen LogP contribution in [0.4, 0.5) is 0 Å². The van der Waals surface area contributed by atoms with E-state index in [4.69, 9.17) is 4.74 Å². The number of amides is 1. The van der Waals surface area contributed by atoms with Crippen LogP contribution in [0.1, 0.15) is 233 Å². The summed E-state index contributed by atoms with van der Waals surface area (Å²) >= 11 is 0. The third-order valence-corrected chi connectivity index (χ3v) is 10.9. The van der Waals surface area contributed by atoms with Crippen molar-refractivity contribution in [3.63, 3.8) is 0 Å². The van der Waals surface area contributed by atoms with E-state index in [0.717, 1.165) is 96.3 Å². The highest BCUT2D eigenvalue weighted by Gasteiger charge is 2.24. The quantitative estimate of drug-likeness (QED) is 0.0324. The molecular weight excluding hydrogens is 719 g/mol. The van der Waals surface area contributed by atoms with Crippen LogP contribution in [0.25, 0.3) is 0 Å². The van der Waals surface area contributed by atoms with Crippen molar-refractivity contribution in [3.05, 3.63) is 60.8 Å². The van der Waals surface area contributed by atoms with Crippen LogP contribution in [0.3, 0.4) is 0 Å². The highest BCUT2D eigenvalue weighted by Crippen LogP contribution is 2.17. The number of nitrogens with one attached hydrogen (secondary N) is 1. The molecule has 0 saturated heterocycles. The molecule has 6 heteroatoms. The number of unbranched alkanes of at least 4 members (excludes halogenated alkanes) is 21. The summed E-state index contributed by atoms with van der Waals surface area (Å²) in [4.78, 5) is 26.0. The van der Waals surface area contributed by atoms with Gasteiger partial charge in [-0.1, -0.05) is 210 Å². The molecule has 0 aromatic rings. The van der Waals surface area contributed by atoms with Gasteiger partial charge in [0.1, 0.15) is 6.10 Å². The van der Waals surface area contributed by atoms with Gasteiger partial charge in [0.15, 0.2) is 0 Å². The van der Waals surface area contributed by atoms with Crippen molar-refractivity contribution < 1.29 is 24.5 Å². The molecule has 1 amide bonds. The summed E-state index contributed by atoms with van der Waals surface area (Å²) < 4.78 is 5.90. The van der Waals surface area contributed by atoms with Gasteiger partial charge >= 0.3 is 5.97 Å². The Morgan fingerprint density at radius 2 is 0.931 bits per heavy atom. The molecule has 0 heterocycles. The van der Waals surface area contributed by atoms with Gasteiger partial charge in [0.05, 0.1) is 25.2 Å². The fraction of sp³-hybridized carbons (Fsp3) is 0.769. The van der Waals surface area contributed by atoms with Crippen molar-refractivity contribution in [2.75, 3.05) is 6.61 Å². The Morgan fingerprint density at radius 1 is 0.517 bits per heavy atom. The molecule has 336 valence electrons. The lowest BCUT2D eigenvalue weighted by molar-refractivity contribution is -0.151. The van der Waals surface area contributed by atoms with Gasteiger partial charge in [-0.15, -0.1) is 0 Å². The fourth-order valence-electron chi connectivity index (χ4n) is 7.16. The second-order valence-electron chi connectivity index (χ2n) is 16.5. The van der Waals surface area contributed by atoms with Gasteiger partial charge < -0.3 is 20.3 Å². The number of allylic oxidation sites excluding steroid dienone is 10. The van der Waals surface area contributed by atoms with Gasteiger partial charge in [-0.3, -0.25) is 9.59 Å². The zero-order valence-electron chi connectivity index (χ0n) is 38.2. The summed E-state index contributed by atoms with van der Waals surface area (Å²) in [6.45, 7) is 6.33. The normalized spacial score (nSPS) is 13.8. The molecule has 0 aliphatic rings. The molecule has 6 nitrogen and oxygen atoms in total. The third-order valence-electron chi connectivity index (χ3n) is 10.9. The Bertz CT molecular complexity index is 1050. The molecule has 0 aromatic carbocycles. The number of hydrogen-bond acceptors (Lipinski definition) is 5. The maximum absolute atomic E-state index is 13.1. The van der Waals surface area contributed by atoms with Crippen LogP contribution in [-0.4, -0.2) is 46.9 Å². The van der Waals surface area contributed by atoms with Crippen LogP contribution in [0, 0.1) is 0 Å². The Labute approximate surface area is 358 Å². The maximum atomic E-state index is 13.1. The van der Waals surface area contributed by atoms with Crippen LogP contribution in [-0.2, 0) is 14.3 Å². The molecule has 58 heavy (non-hydrogen) atoms.